The molecule has 7 N–H and O–H groups in total. The van der Waals surface area contributed by atoms with Gasteiger partial charge in [0.15, 0.2) is 5.16 Å². The fraction of sp³-hybridized carbons (Fsp3) is 0. The van der Waals surface area contributed by atoms with Crippen molar-refractivity contribution in [1.82, 2.24) is 9.97 Å². The number of hydrogen-bond donors (Lipinski definition) is 4. The van der Waals surface area contributed by atoms with E-state index in [2.05, 4.69) is 15.4 Å². The van der Waals surface area contributed by atoms with E-state index in [0.717, 1.165) is 11.8 Å². The summed E-state index contributed by atoms with van der Waals surface area (Å²) in [5.74, 6) is 5.65. The third-order valence-electron chi connectivity index (χ3n) is 2.28. The van der Waals surface area contributed by atoms with Gasteiger partial charge in [-0.3, -0.25) is 16.0 Å². The standard InChI is InChI=1S/C10H11N7O2S/c11-7-4-8(12)15-10(14-7)20-6-3-1-2-5(16-13)9(6)17(18)19/h1-4,16H,13H2,(H4,11,12,14,15). The Kier molecular flexibility index (Phi) is 3.86. The Morgan fingerprint density at radius 2 is 1.90 bits per heavy atom. The third-order valence-corrected chi connectivity index (χ3v) is 3.20. The van der Waals surface area contributed by atoms with Crippen LogP contribution in [0, 0.1) is 10.1 Å². The van der Waals surface area contributed by atoms with E-state index in [9.17, 15) is 10.1 Å². The minimum absolute atomic E-state index is 0.162. The summed E-state index contributed by atoms with van der Waals surface area (Å²) in [6.45, 7) is 0. The summed E-state index contributed by atoms with van der Waals surface area (Å²) >= 11 is 0.981. The predicted molar refractivity (Wildman–Crippen MR) is 75.9 cm³/mol. The van der Waals surface area contributed by atoms with E-state index in [1.807, 2.05) is 0 Å². The molecule has 0 saturated carbocycles. The van der Waals surface area contributed by atoms with Crippen molar-refractivity contribution >= 4 is 34.8 Å². The maximum absolute atomic E-state index is 11.1. The topological polar surface area (TPSA) is 159 Å². The molecule has 0 saturated heterocycles. The lowest BCUT2D eigenvalue weighted by atomic mass is 10.3. The van der Waals surface area contributed by atoms with Gasteiger partial charge in [0.1, 0.15) is 17.3 Å². The molecule has 0 aliphatic heterocycles. The number of benzene rings is 1. The number of anilines is 3. The van der Waals surface area contributed by atoms with Gasteiger partial charge in [0, 0.05) is 6.07 Å². The summed E-state index contributed by atoms with van der Waals surface area (Å²) in [4.78, 5) is 18.8. The highest BCUT2D eigenvalue weighted by Gasteiger charge is 2.21. The number of hydrogen-bond acceptors (Lipinski definition) is 9. The van der Waals surface area contributed by atoms with Crippen molar-refractivity contribution in [3.05, 3.63) is 34.4 Å². The monoisotopic (exact) mass is 293 g/mol. The Bertz CT molecular complexity index is 644. The SMILES string of the molecule is NNc1cccc(Sc2nc(N)cc(N)n2)c1[N+](=O)[O-]. The average Bonchev–Trinajstić information content (AvgIpc) is 2.36. The van der Waals surface area contributed by atoms with E-state index in [4.69, 9.17) is 17.3 Å². The van der Waals surface area contributed by atoms with Crippen molar-refractivity contribution in [2.75, 3.05) is 16.9 Å². The van der Waals surface area contributed by atoms with Gasteiger partial charge in [-0.2, -0.15) is 0 Å². The molecule has 1 aromatic heterocycles. The Morgan fingerprint density at radius 3 is 2.45 bits per heavy atom. The number of nitrogens with one attached hydrogen (secondary N) is 1. The smallest absolute Gasteiger partial charge is 0.307 e. The average molecular weight is 293 g/mol. The molecule has 0 aliphatic carbocycles. The molecule has 0 amide bonds. The van der Waals surface area contributed by atoms with Crippen LogP contribution in [0.1, 0.15) is 0 Å². The fourth-order valence-corrected chi connectivity index (χ4v) is 2.44. The van der Waals surface area contributed by atoms with Crippen molar-refractivity contribution in [2.45, 2.75) is 10.1 Å². The van der Waals surface area contributed by atoms with Crippen LogP contribution >= 0.6 is 11.8 Å². The Balaban J connectivity index is 2.45. The van der Waals surface area contributed by atoms with Crippen molar-refractivity contribution in [3.63, 3.8) is 0 Å². The highest BCUT2D eigenvalue weighted by atomic mass is 32.2. The second kappa shape index (κ2) is 5.59. The Labute approximate surface area is 117 Å². The second-order valence-electron chi connectivity index (χ2n) is 3.66. The number of hydrazine groups is 1. The van der Waals surface area contributed by atoms with Crippen LogP contribution in [0.25, 0.3) is 0 Å². The highest BCUT2D eigenvalue weighted by molar-refractivity contribution is 7.99. The van der Waals surface area contributed by atoms with E-state index < -0.39 is 4.92 Å². The Morgan fingerprint density at radius 1 is 1.25 bits per heavy atom. The molecular weight excluding hydrogens is 282 g/mol. The van der Waals surface area contributed by atoms with Gasteiger partial charge in [-0.1, -0.05) is 6.07 Å². The zero-order chi connectivity index (χ0) is 14.7. The van der Waals surface area contributed by atoms with Crippen molar-refractivity contribution in [2.24, 2.45) is 5.84 Å². The van der Waals surface area contributed by atoms with Crippen LogP contribution in [-0.2, 0) is 0 Å². The van der Waals surface area contributed by atoms with Crippen LogP contribution < -0.4 is 22.7 Å². The zero-order valence-electron chi connectivity index (χ0n) is 10.1. The van der Waals surface area contributed by atoms with Crippen LogP contribution in [0.2, 0.25) is 0 Å². The molecular formula is C10H11N7O2S. The first-order valence-electron chi connectivity index (χ1n) is 5.33. The molecule has 0 unspecified atom stereocenters. The van der Waals surface area contributed by atoms with Gasteiger partial charge in [-0.15, -0.1) is 0 Å². The van der Waals surface area contributed by atoms with Gasteiger partial charge < -0.3 is 16.9 Å². The van der Waals surface area contributed by atoms with Gasteiger partial charge in [-0.25, -0.2) is 9.97 Å². The number of aromatic nitrogens is 2. The van der Waals surface area contributed by atoms with E-state index >= 15 is 0 Å². The molecule has 0 radical (unpaired) electrons. The molecule has 1 aromatic carbocycles. The van der Waals surface area contributed by atoms with E-state index in [-0.39, 0.29) is 28.2 Å². The molecule has 0 fully saturated rings. The number of nitrogens with two attached hydrogens (primary N) is 3. The molecule has 10 heteroatoms. The van der Waals surface area contributed by atoms with Crippen molar-refractivity contribution in [3.8, 4) is 0 Å². The summed E-state index contributed by atoms with van der Waals surface area (Å²) in [5, 5.41) is 11.4. The first kappa shape index (κ1) is 13.8. The third kappa shape index (κ3) is 2.87. The lowest BCUT2D eigenvalue weighted by Crippen LogP contribution is -2.09. The van der Waals surface area contributed by atoms with Gasteiger partial charge >= 0.3 is 5.69 Å². The Hall–Kier alpha value is -2.59. The first-order valence-corrected chi connectivity index (χ1v) is 6.15. The first-order chi connectivity index (χ1) is 9.51. The second-order valence-corrected chi connectivity index (χ2v) is 4.67. The lowest BCUT2D eigenvalue weighted by Gasteiger charge is -2.06. The van der Waals surface area contributed by atoms with Crippen LogP contribution in [-0.4, -0.2) is 14.9 Å². The summed E-state index contributed by atoms with van der Waals surface area (Å²) in [5.41, 5.74) is 13.4. The molecule has 0 bridgehead atoms. The summed E-state index contributed by atoms with van der Waals surface area (Å²) < 4.78 is 0. The minimum atomic E-state index is -0.535. The van der Waals surface area contributed by atoms with Gasteiger partial charge in [-0.05, 0) is 23.9 Å². The molecule has 9 nitrogen and oxygen atoms in total. The molecule has 0 atom stereocenters. The van der Waals surface area contributed by atoms with Gasteiger partial charge in [0.25, 0.3) is 0 Å². The van der Waals surface area contributed by atoms with Crippen LogP contribution in [0.15, 0.2) is 34.3 Å². The van der Waals surface area contributed by atoms with E-state index in [1.54, 1.807) is 12.1 Å². The van der Waals surface area contributed by atoms with Crippen molar-refractivity contribution in [1.29, 1.82) is 0 Å². The van der Waals surface area contributed by atoms with Gasteiger partial charge in [0.05, 0.1) is 9.82 Å². The maximum Gasteiger partial charge on any atom is 0.307 e. The fourth-order valence-electron chi connectivity index (χ4n) is 1.52. The number of para-hydroxylation sites is 1. The lowest BCUT2D eigenvalue weighted by molar-refractivity contribution is -0.386. The maximum atomic E-state index is 11.1. The molecule has 2 rings (SSSR count). The molecule has 20 heavy (non-hydrogen) atoms. The van der Waals surface area contributed by atoms with Crippen LogP contribution in [0.3, 0.4) is 0 Å². The summed E-state index contributed by atoms with van der Waals surface area (Å²) in [6.07, 6.45) is 0. The molecule has 2 aromatic rings. The number of nitrogen functional groups attached to an aromatic ring is 3. The van der Waals surface area contributed by atoms with Gasteiger partial charge in [0.2, 0.25) is 0 Å². The summed E-state index contributed by atoms with van der Waals surface area (Å²) in [7, 11) is 0. The number of nitrogens with zero attached hydrogens (tertiary/aromatic N) is 3. The molecule has 1 heterocycles. The van der Waals surface area contributed by atoms with Crippen LogP contribution in [0.5, 0.6) is 0 Å². The highest BCUT2D eigenvalue weighted by Crippen LogP contribution is 2.38. The van der Waals surface area contributed by atoms with E-state index in [0.29, 0.717) is 4.90 Å². The molecule has 0 aliphatic rings. The molecule has 0 spiro atoms. The largest absolute Gasteiger partial charge is 0.383 e. The number of rotatable bonds is 4. The summed E-state index contributed by atoms with van der Waals surface area (Å²) in [6, 6.07) is 6.08. The van der Waals surface area contributed by atoms with Crippen LogP contribution in [0.4, 0.5) is 23.0 Å². The van der Waals surface area contributed by atoms with Crippen molar-refractivity contribution < 1.29 is 4.92 Å². The zero-order valence-corrected chi connectivity index (χ0v) is 10.9. The van der Waals surface area contributed by atoms with E-state index in [1.165, 1.54) is 12.1 Å². The number of nitro benzene ring substituents is 1. The quantitative estimate of drug-likeness (QED) is 0.279. The molecule has 104 valence electrons. The number of nitro groups is 1. The normalized spacial score (nSPS) is 10.2. The minimum Gasteiger partial charge on any atom is -0.383 e. The predicted octanol–water partition coefficient (Wildman–Crippen LogP) is 0.986.